The minimum absolute atomic E-state index is 0.0465. The molecule has 0 aliphatic rings. The van der Waals surface area contributed by atoms with Gasteiger partial charge in [-0.15, -0.1) is 0 Å². The molecule has 2 unspecified atom stereocenters. The van der Waals surface area contributed by atoms with E-state index >= 15 is 0 Å². The van der Waals surface area contributed by atoms with Crippen molar-refractivity contribution in [1.82, 2.24) is 5.32 Å². The fourth-order valence-electron chi connectivity index (χ4n) is 1.20. The van der Waals surface area contributed by atoms with E-state index in [0.717, 1.165) is 0 Å². The molecule has 0 aliphatic carbocycles. The number of carbonyl (C=O) groups excluding carboxylic acids is 1. The third-order valence-electron chi connectivity index (χ3n) is 2.18. The maximum Gasteiger partial charge on any atom is 0.303 e. The molecule has 0 fully saturated rings. The van der Waals surface area contributed by atoms with Gasteiger partial charge in [0, 0.05) is 26.6 Å². The quantitative estimate of drug-likeness (QED) is 0.527. The highest BCUT2D eigenvalue weighted by molar-refractivity contribution is 5.76. The summed E-state index contributed by atoms with van der Waals surface area (Å²) in [7, 11) is 1.50. The summed E-state index contributed by atoms with van der Waals surface area (Å²) in [4.78, 5) is 21.7. The molecule has 0 saturated carbocycles. The topological polar surface area (TPSA) is 102 Å². The second-order valence-corrected chi connectivity index (χ2v) is 3.80. The summed E-state index contributed by atoms with van der Waals surface area (Å²) in [6.45, 7) is 2.41. The van der Waals surface area contributed by atoms with Crippen LogP contribution >= 0.6 is 0 Å². The number of nitrogens with one attached hydrogen (secondary N) is 1. The number of carboxylic acid groups (broad SMARTS) is 1. The lowest BCUT2D eigenvalue weighted by atomic mass is 10.1. The summed E-state index contributed by atoms with van der Waals surface area (Å²) in [6, 6.07) is 0. The number of aliphatic carboxylic acids is 1. The lowest BCUT2D eigenvalue weighted by Gasteiger charge is -2.14. The van der Waals surface area contributed by atoms with Crippen molar-refractivity contribution in [3.05, 3.63) is 0 Å². The number of hydrogen-bond donors (Lipinski definition) is 3. The van der Waals surface area contributed by atoms with Gasteiger partial charge >= 0.3 is 5.97 Å². The highest BCUT2D eigenvalue weighted by atomic mass is 16.5. The van der Waals surface area contributed by atoms with Crippen molar-refractivity contribution >= 4 is 11.9 Å². The number of carboxylic acids is 1. The van der Waals surface area contributed by atoms with Gasteiger partial charge in [-0.05, 0) is 5.92 Å². The Morgan fingerprint density at radius 3 is 2.50 bits per heavy atom. The minimum Gasteiger partial charge on any atom is -0.481 e. The molecule has 0 saturated heterocycles. The van der Waals surface area contributed by atoms with Crippen molar-refractivity contribution in [2.24, 2.45) is 11.7 Å². The second-order valence-electron chi connectivity index (χ2n) is 3.80. The fraction of sp³-hybridized carbons (Fsp3) is 0.800. The summed E-state index contributed by atoms with van der Waals surface area (Å²) in [5, 5.41) is 11.2. The first-order valence-corrected chi connectivity index (χ1v) is 5.21. The molecule has 0 radical (unpaired) electrons. The molecule has 0 heterocycles. The molecule has 4 N–H and O–H groups in total. The lowest BCUT2D eigenvalue weighted by molar-refractivity contribution is -0.138. The van der Waals surface area contributed by atoms with Gasteiger partial charge in [-0.3, -0.25) is 9.59 Å². The summed E-state index contributed by atoms with van der Waals surface area (Å²) in [5.74, 6) is -1.12. The van der Waals surface area contributed by atoms with Crippen LogP contribution in [0.4, 0.5) is 0 Å². The zero-order chi connectivity index (χ0) is 12.6. The Labute approximate surface area is 95.1 Å². The lowest BCUT2D eigenvalue weighted by Crippen LogP contribution is -2.34. The monoisotopic (exact) mass is 232 g/mol. The molecule has 2 atom stereocenters. The van der Waals surface area contributed by atoms with E-state index in [1.807, 2.05) is 0 Å². The largest absolute Gasteiger partial charge is 0.481 e. The summed E-state index contributed by atoms with van der Waals surface area (Å²) in [6.07, 6.45) is -0.0349. The Morgan fingerprint density at radius 1 is 1.44 bits per heavy atom. The molecule has 0 aromatic carbocycles. The number of methoxy groups -OCH3 is 1. The maximum absolute atomic E-state index is 11.4. The van der Waals surface area contributed by atoms with E-state index in [2.05, 4.69) is 5.32 Å². The first-order valence-electron chi connectivity index (χ1n) is 5.21. The van der Waals surface area contributed by atoms with Crippen LogP contribution in [0.3, 0.4) is 0 Å². The number of nitrogens with two attached hydrogens (primary N) is 1. The van der Waals surface area contributed by atoms with E-state index in [9.17, 15) is 9.59 Å². The molecule has 94 valence electrons. The van der Waals surface area contributed by atoms with Gasteiger partial charge in [-0.1, -0.05) is 6.92 Å². The SMILES string of the molecule is COC(CN)CC(=O)NCC(C)CC(=O)O. The predicted octanol–water partition coefficient (Wildman–Crippen LogP) is -0.423. The smallest absolute Gasteiger partial charge is 0.303 e. The average molecular weight is 232 g/mol. The first kappa shape index (κ1) is 14.9. The third-order valence-corrected chi connectivity index (χ3v) is 2.18. The Balaban J connectivity index is 3.76. The van der Waals surface area contributed by atoms with Gasteiger partial charge in [-0.2, -0.15) is 0 Å². The molecule has 6 nitrogen and oxygen atoms in total. The van der Waals surface area contributed by atoms with Gasteiger partial charge in [0.05, 0.1) is 12.5 Å². The highest BCUT2D eigenvalue weighted by Crippen LogP contribution is 2.00. The van der Waals surface area contributed by atoms with E-state index in [1.54, 1.807) is 6.92 Å². The van der Waals surface area contributed by atoms with Crippen molar-refractivity contribution in [2.75, 3.05) is 20.2 Å². The third kappa shape index (κ3) is 7.19. The van der Waals surface area contributed by atoms with Gasteiger partial charge in [0.1, 0.15) is 0 Å². The summed E-state index contributed by atoms with van der Waals surface area (Å²) in [5.41, 5.74) is 5.37. The van der Waals surface area contributed by atoms with Crippen molar-refractivity contribution in [3.63, 3.8) is 0 Å². The van der Waals surface area contributed by atoms with Crippen LogP contribution in [0.5, 0.6) is 0 Å². The average Bonchev–Trinajstić information content (AvgIpc) is 2.22. The van der Waals surface area contributed by atoms with E-state index < -0.39 is 5.97 Å². The fourth-order valence-corrected chi connectivity index (χ4v) is 1.20. The number of amides is 1. The van der Waals surface area contributed by atoms with E-state index in [-0.39, 0.29) is 37.3 Å². The molecule has 0 rings (SSSR count). The van der Waals surface area contributed by atoms with E-state index in [0.29, 0.717) is 6.54 Å². The number of ether oxygens (including phenoxy) is 1. The molecule has 16 heavy (non-hydrogen) atoms. The van der Waals surface area contributed by atoms with Crippen molar-refractivity contribution in [3.8, 4) is 0 Å². The van der Waals surface area contributed by atoms with Crippen LogP contribution in [0.25, 0.3) is 0 Å². The van der Waals surface area contributed by atoms with Crippen LogP contribution < -0.4 is 11.1 Å². The Hall–Kier alpha value is -1.14. The summed E-state index contributed by atoms with van der Waals surface area (Å²) < 4.78 is 4.96. The van der Waals surface area contributed by atoms with E-state index in [1.165, 1.54) is 7.11 Å². The predicted molar refractivity (Wildman–Crippen MR) is 58.9 cm³/mol. The van der Waals surface area contributed by atoms with Gasteiger partial charge in [0.15, 0.2) is 0 Å². The van der Waals surface area contributed by atoms with Crippen LogP contribution in [0.2, 0.25) is 0 Å². The zero-order valence-electron chi connectivity index (χ0n) is 9.73. The standard InChI is InChI=1S/C10H20N2O4/c1-7(3-10(14)15)6-12-9(13)4-8(5-11)16-2/h7-8H,3-6,11H2,1-2H3,(H,12,13)(H,14,15). The van der Waals surface area contributed by atoms with E-state index in [4.69, 9.17) is 15.6 Å². The van der Waals surface area contributed by atoms with Gasteiger partial charge in [0.25, 0.3) is 0 Å². The number of hydrogen-bond acceptors (Lipinski definition) is 4. The number of carbonyl (C=O) groups is 2. The zero-order valence-corrected chi connectivity index (χ0v) is 9.73. The summed E-state index contributed by atoms with van der Waals surface area (Å²) >= 11 is 0. The molecule has 6 heteroatoms. The van der Waals surface area contributed by atoms with Gasteiger partial charge < -0.3 is 20.9 Å². The Bertz CT molecular complexity index is 229. The molecule has 0 aliphatic heterocycles. The molecular formula is C10H20N2O4. The highest BCUT2D eigenvalue weighted by Gasteiger charge is 2.13. The molecule has 0 aromatic rings. The molecular weight excluding hydrogens is 212 g/mol. The second kappa shape index (κ2) is 8.06. The van der Waals surface area contributed by atoms with Crippen molar-refractivity contribution in [2.45, 2.75) is 25.9 Å². The van der Waals surface area contributed by atoms with Gasteiger partial charge in [-0.25, -0.2) is 0 Å². The van der Waals surface area contributed by atoms with Crippen LogP contribution in [-0.2, 0) is 14.3 Å². The van der Waals surface area contributed by atoms with Crippen molar-refractivity contribution < 1.29 is 19.4 Å². The first-order chi connectivity index (χ1) is 7.49. The van der Waals surface area contributed by atoms with Crippen LogP contribution in [0.1, 0.15) is 19.8 Å². The van der Waals surface area contributed by atoms with Crippen molar-refractivity contribution in [1.29, 1.82) is 0 Å². The number of rotatable bonds is 8. The maximum atomic E-state index is 11.4. The molecule has 0 bridgehead atoms. The molecule has 0 spiro atoms. The minimum atomic E-state index is -0.863. The van der Waals surface area contributed by atoms with Crippen LogP contribution in [-0.4, -0.2) is 43.3 Å². The molecule has 0 aromatic heterocycles. The normalized spacial score (nSPS) is 14.2. The van der Waals surface area contributed by atoms with Crippen LogP contribution in [0, 0.1) is 5.92 Å². The molecule has 1 amide bonds. The Kier molecular flexibility index (Phi) is 7.49. The Morgan fingerprint density at radius 2 is 2.06 bits per heavy atom. The van der Waals surface area contributed by atoms with Gasteiger partial charge in [0.2, 0.25) is 5.91 Å². The van der Waals surface area contributed by atoms with Crippen LogP contribution in [0.15, 0.2) is 0 Å².